The maximum atomic E-state index is 4.43. The quantitative estimate of drug-likeness (QED) is 0.843. The summed E-state index contributed by atoms with van der Waals surface area (Å²) in [5, 5.41) is 21.9. The van der Waals surface area contributed by atoms with E-state index in [0.29, 0.717) is 5.82 Å². The summed E-state index contributed by atoms with van der Waals surface area (Å²) in [5.41, 5.74) is 3.45. The number of tetrazole rings is 1. The molecule has 2 heterocycles. The second-order valence-corrected chi connectivity index (χ2v) is 4.59. The summed E-state index contributed by atoms with van der Waals surface area (Å²) in [6.45, 7) is 8.24. The predicted octanol–water partition coefficient (Wildman–Crippen LogP) is 0.962. The number of aromatic nitrogens is 6. The lowest BCUT2D eigenvalue weighted by molar-refractivity contribution is 0.474. The fourth-order valence-corrected chi connectivity index (χ4v) is 2.30. The minimum absolute atomic E-state index is 0.0396. The molecule has 2 aromatic rings. The van der Waals surface area contributed by atoms with Crippen LogP contribution in [-0.2, 0) is 7.05 Å². The molecule has 2 rings (SSSR count). The normalized spacial score (nSPS) is 14.7. The monoisotopic (exact) mass is 249 g/mol. The molecule has 0 saturated heterocycles. The number of hydrogen-bond acceptors (Lipinski definition) is 5. The molecule has 0 aliphatic carbocycles. The molecule has 0 aliphatic heterocycles. The zero-order valence-electron chi connectivity index (χ0n) is 11.4. The number of aryl methyl sites for hydroxylation is 2. The first-order valence-electron chi connectivity index (χ1n) is 6.00. The summed E-state index contributed by atoms with van der Waals surface area (Å²) in [6.07, 6.45) is 0. The van der Waals surface area contributed by atoms with Crippen molar-refractivity contribution in [3.63, 3.8) is 0 Å². The summed E-state index contributed by atoms with van der Waals surface area (Å²) >= 11 is 0. The highest BCUT2D eigenvalue weighted by atomic mass is 15.5. The van der Waals surface area contributed by atoms with Crippen molar-refractivity contribution in [1.82, 2.24) is 35.7 Å². The van der Waals surface area contributed by atoms with Crippen LogP contribution in [0.15, 0.2) is 0 Å². The molecule has 18 heavy (non-hydrogen) atoms. The molecule has 2 N–H and O–H groups in total. The van der Waals surface area contributed by atoms with Crippen LogP contribution < -0.4 is 5.32 Å². The maximum Gasteiger partial charge on any atom is 0.191 e. The molecule has 98 valence electrons. The van der Waals surface area contributed by atoms with Crippen LogP contribution in [0.5, 0.6) is 0 Å². The lowest BCUT2D eigenvalue weighted by atomic mass is 10.1. The first-order chi connectivity index (χ1) is 8.50. The molecule has 2 aromatic heterocycles. The Morgan fingerprint density at radius 1 is 1.22 bits per heavy atom. The van der Waals surface area contributed by atoms with E-state index in [1.807, 2.05) is 25.6 Å². The van der Waals surface area contributed by atoms with Gasteiger partial charge in [-0.3, -0.25) is 4.68 Å². The minimum atomic E-state index is 0.0396. The third kappa shape index (κ3) is 2.26. The highest BCUT2D eigenvalue weighted by Crippen LogP contribution is 2.22. The standard InChI is InChI=1S/C11H19N7/c1-6(10-7(2)15-18(5)9(10)4)12-8(3)11-13-16-17-14-11/h6,8,12H,1-5H3,(H,13,14,16,17). The number of rotatable bonds is 4. The Balaban J connectivity index is 2.15. The van der Waals surface area contributed by atoms with E-state index < -0.39 is 0 Å². The van der Waals surface area contributed by atoms with Crippen molar-refractivity contribution in [3.8, 4) is 0 Å². The largest absolute Gasteiger partial charge is 0.301 e. The average Bonchev–Trinajstić information content (AvgIpc) is 2.88. The van der Waals surface area contributed by atoms with Crippen LogP contribution in [0.25, 0.3) is 0 Å². The van der Waals surface area contributed by atoms with Gasteiger partial charge < -0.3 is 5.32 Å². The molecule has 7 heteroatoms. The van der Waals surface area contributed by atoms with Crippen LogP contribution in [-0.4, -0.2) is 30.4 Å². The SMILES string of the molecule is Cc1nn(C)c(C)c1C(C)NC(C)c1nn[nH]n1. The Kier molecular flexibility index (Phi) is 3.42. The van der Waals surface area contributed by atoms with Gasteiger partial charge in [0.15, 0.2) is 5.82 Å². The molecule has 0 saturated carbocycles. The van der Waals surface area contributed by atoms with Gasteiger partial charge in [0.1, 0.15) is 0 Å². The number of nitrogens with zero attached hydrogens (tertiary/aromatic N) is 5. The molecule has 7 nitrogen and oxygen atoms in total. The molecule has 0 spiro atoms. The van der Waals surface area contributed by atoms with Crippen molar-refractivity contribution in [2.24, 2.45) is 7.05 Å². The number of H-pyrrole nitrogens is 1. The van der Waals surface area contributed by atoms with Crippen LogP contribution >= 0.6 is 0 Å². The first kappa shape index (κ1) is 12.7. The molecular weight excluding hydrogens is 230 g/mol. The fourth-order valence-electron chi connectivity index (χ4n) is 2.30. The average molecular weight is 249 g/mol. The van der Waals surface area contributed by atoms with Gasteiger partial charge in [-0.25, -0.2) is 0 Å². The van der Waals surface area contributed by atoms with Crippen LogP contribution in [0.1, 0.15) is 48.7 Å². The van der Waals surface area contributed by atoms with Crippen molar-refractivity contribution >= 4 is 0 Å². The smallest absolute Gasteiger partial charge is 0.191 e. The van der Waals surface area contributed by atoms with Gasteiger partial charge in [0.2, 0.25) is 0 Å². The van der Waals surface area contributed by atoms with Crippen LogP contribution in [0.2, 0.25) is 0 Å². The van der Waals surface area contributed by atoms with E-state index >= 15 is 0 Å². The van der Waals surface area contributed by atoms with Crippen LogP contribution in [0.4, 0.5) is 0 Å². The van der Waals surface area contributed by atoms with Gasteiger partial charge in [-0.2, -0.15) is 10.3 Å². The Morgan fingerprint density at radius 2 is 1.94 bits per heavy atom. The Bertz CT molecular complexity index is 514. The number of aromatic amines is 1. The summed E-state index contributed by atoms with van der Waals surface area (Å²) in [7, 11) is 1.96. The third-order valence-electron chi connectivity index (χ3n) is 3.25. The van der Waals surface area contributed by atoms with Crippen molar-refractivity contribution in [2.45, 2.75) is 39.8 Å². The second kappa shape index (κ2) is 4.85. The number of hydrogen-bond donors (Lipinski definition) is 2. The zero-order chi connectivity index (χ0) is 13.3. The Labute approximate surface area is 106 Å². The molecule has 0 aromatic carbocycles. The minimum Gasteiger partial charge on any atom is -0.301 e. The van der Waals surface area contributed by atoms with Gasteiger partial charge in [0, 0.05) is 24.3 Å². The maximum absolute atomic E-state index is 4.43. The lowest BCUT2D eigenvalue weighted by Gasteiger charge is -2.18. The number of nitrogens with one attached hydrogen (secondary N) is 2. The topological polar surface area (TPSA) is 84.3 Å². The van der Waals surface area contributed by atoms with Crippen molar-refractivity contribution in [2.75, 3.05) is 0 Å². The van der Waals surface area contributed by atoms with E-state index in [0.717, 1.165) is 5.69 Å². The summed E-state index contributed by atoms with van der Waals surface area (Å²) in [4.78, 5) is 0. The molecule has 2 unspecified atom stereocenters. The first-order valence-corrected chi connectivity index (χ1v) is 6.00. The molecule has 2 atom stereocenters. The van der Waals surface area contributed by atoms with Crippen LogP contribution in [0.3, 0.4) is 0 Å². The van der Waals surface area contributed by atoms with Crippen molar-refractivity contribution in [3.05, 3.63) is 22.8 Å². The summed E-state index contributed by atoms with van der Waals surface area (Å²) in [6, 6.07) is 0.227. The highest BCUT2D eigenvalue weighted by Gasteiger charge is 2.19. The van der Waals surface area contributed by atoms with Gasteiger partial charge in [0.05, 0.1) is 11.7 Å². The van der Waals surface area contributed by atoms with E-state index in [2.05, 4.69) is 44.9 Å². The van der Waals surface area contributed by atoms with E-state index in [1.54, 1.807) is 0 Å². The molecule has 0 radical (unpaired) electrons. The summed E-state index contributed by atoms with van der Waals surface area (Å²) < 4.78 is 1.90. The van der Waals surface area contributed by atoms with E-state index in [9.17, 15) is 0 Å². The fraction of sp³-hybridized carbons (Fsp3) is 0.636. The zero-order valence-corrected chi connectivity index (χ0v) is 11.4. The van der Waals surface area contributed by atoms with Gasteiger partial charge >= 0.3 is 0 Å². The molecule has 0 bridgehead atoms. The molecular formula is C11H19N7. The second-order valence-electron chi connectivity index (χ2n) is 4.59. The van der Waals surface area contributed by atoms with Crippen molar-refractivity contribution < 1.29 is 0 Å². The molecule has 0 amide bonds. The van der Waals surface area contributed by atoms with E-state index in [4.69, 9.17) is 0 Å². The molecule has 0 aliphatic rings. The van der Waals surface area contributed by atoms with E-state index in [-0.39, 0.29) is 12.1 Å². The van der Waals surface area contributed by atoms with Crippen LogP contribution in [0, 0.1) is 13.8 Å². The van der Waals surface area contributed by atoms with Crippen molar-refractivity contribution in [1.29, 1.82) is 0 Å². The van der Waals surface area contributed by atoms with Gasteiger partial charge in [-0.05, 0) is 27.7 Å². The summed E-state index contributed by atoms with van der Waals surface area (Å²) in [5.74, 6) is 0.668. The van der Waals surface area contributed by atoms with Gasteiger partial charge in [0.25, 0.3) is 0 Å². The molecule has 0 fully saturated rings. The lowest BCUT2D eigenvalue weighted by Crippen LogP contribution is -2.24. The van der Waals surface area contributed by atoms with Gasteiger partial charge in [-0.1, -0.05) is 5.21 Å². The highest BCUT2D eigenvalue weighted by molar-refractivity contribution is 5.27. The Morgan fingerprint density at radius 3 is 2.44 bits per heavy atom. The van der Waals surface area contributed by atoms with Gasteiger partial charge in [-0.15, -0.1) is 10.2 Å². The van der Waals surface area contributed by atoms with E-state index in [1.165, 1.54) is 11.3 Å². The predicted molar refractivity (Wildman–Crippen MR) is 66.8 cm³/mol. The Hall–Kier alpha value is -1.76. The third-order valence-corrected chi connectivity index (χ3v) is 3.25.